The Morgan fingerprint density at radius 3 is 2.68 bits per heavy atom. The van der Waals surface area contributed by atoms with E-state index in [1.165, 1.54) is 5.56 Å². The van der Waals surface area contributed by atoms with Gasteiger partial charge in [-0.1, -0.05) is 36.4 Å². The molecule has 1 amide bonds. The summed E-state index contributed by atoms with van der Waals surface area (Å²) < 4.78 is 0. The van der Waals surface area contributed by atoms with Crippen LogP contribution in [-0.2, 0) is 5.75 Å². The van der Waals surface area contributed by atoms with E-state index >= 15 is 0 Å². The number of hydrogen-bond acceptors (Lipinski definition) is 3. The summed E-state index contributed by atoms with van der Waals surface area (Å²) in [6, 6.07) is 16.7. The zero-order chi connectivity index (χ0) is 17.6. The van der Waals surface area contributed by atoms with Gasteiger partial charge in [-0.2, -0.15) is 11.8 Å². The summed E-state index contributed by atoms with van der Waals surface area (Å²) in [5.74, 6) is 1.82. The van der Waals surface area contributed by atoms with Crippen molar-refractivity contribution in [1.29, 1.82) is 0 Å². The predicted molar refractivity (Wildman–Crippen MR) is 105 cm³/mol. The normalized spacial score (nSPS) is 17.0. The Hall–Kier alpha value is -1.78. The summed E-state index contributed by atoms with van der Waals surface area (Å²) in [4.78, 5) is 14.7. The van der Waals surface area contributed by atoms with Gasteiger partial charge in [0.25, 0.3) is 5.91 Å². The van der Waals surface area contributed by atoms with Gasteiger partial charge in [-0.25, -0.2) is 0 Å². The minimum Gasteiger partial charge on any atom is -0.396 e. The van der Waals surface area contributed by atoms with Gasteiger partial charge in [0.15, 0.2) is 0 Å². The van der Waals surface area contributed by atoms with Gasteiger partial charge in [0.2, 0.25) is 0 Å². The van der Waals surface area contributed by atoms with Crippen molar-refractivity contribution in [3.8, 4) is 11.1 Å². The lowest BCUT2D eigenvalue weighted by Gasteiger charge is -2.21. The van der Waals surface area contributed by atoms with Gasteiger partial charge >= 0.3 is 0 Å². The highest BCUT2D eigenvalue weighted by Gasteiger charge is 2.25. The molecule has 0 aliphatic carbocycles. The maximum atomic E-state index is 12.7. The van der Waals surface area contributed by atoms with Crippen molar-refractivity contribution in [2.24, 2.45) is 0 Å². The summed E-state index contributed by atoms with van der Waals surface area (Å²) in [7, 11) is 0. The Labute approximate surface area is 154 Å². The first-order chi connectivity index (χ1) is 12.2. The highest BCUT2D eigenvalue weighted by molar-refractivity contribution is 7.98. The molecule has 0 bridgehead atoms. The van der Waals surface area contributed by atoms with Gasteiger partial charge in [-0.05, 0) is 48.6 Å². The van der Waals surface area contributed by atoms with Crippen molar-refractivity contribution < 1.29 is 9.90 Å². The summed E-state index contributed by atoms with van der Waals surface area (Å²) >= 11 is 1.73. The lowest BCUT2D eigenvalue weighted by molar-refractivity contribution is 0.0747. The molecule has 1 aliphatic heterocycles. The van der Waals surface area contributed by atoms with Gasteiger partial charge in [0.1, 0.15) is 0 Å². The molecule has 0 spiro atoms. The molecule has 1 heterocycles. The van der Waals surface area contributed by atoms with E-state index < -0.39 is 0 Å². The summed E-state index contributed by atoms with van der Waals surface area (Å²) in [6.07, 6.45) is 2.20. The zero-order valence-corrected chi connectivity index (χ0v) is 15.5. The fraction of sp³-hybridized carbons (Fsp3) is 0.381. The van der Waals surface area contributed by atoms with E-state index in [1.54, 1.807) is 11.8 Å². The van der Waals surface area contributed by atoms with Crippen LogP contribution >= 0.6 is 11.8 Å². The quantitative estimate of drug-likeness (QED) is 0.790. The standard InChI is InChI=1S/C21H25NO2S/c1-16-4-3-11-22(16)21(24)20-6-2-5-19(14-20)18-9-7-17(8-10-18)15-25-13-12-23/h2,5-10,14,16,23H,3-4,11-13,15H2,1H3/t16-/m1/s1. The van der Waals surface area contributed by atoms with Gasteiger partial charge in [-0.15, -0.1) is 0 Å². The molecule has 3 rings (SSSR count). The molecule has 1 aliphatic rings. The number of aliphatic hydroxyl groups is 1. The molecular formula is C21H25NO2S. The summed E-state index contributed by atoms with van der Waals surface area (Å²) in [6.45, 7) is 3.21. The van der Waals surface area contributed by atoms with Crippen molar-refractivity contribution in [3.05, 3.63) is 59.7 Å². The average molecular weight is 356 g/mol. The monoisotopic (exact) mass is 355 g/mol. The Morgan fingerprint density at radius 2 is 2.00 bits per heavy atom. The molecule has 3 nitrogen and oxygen atoms in total. The predicted octanol–water partition coefficient (Wildman–Crippen LogP) is 4.20. The van der Waals surface area contributed by atoms with Crippen LogP contribution < -0.4 is 0 Å². The van der Waals surface area contributed by atoms with E-state index in [1.807, 2.05) is 23.1 Å². The largest absolute Gasteiger partial charge is 0.396 e. The van der Waals surface area contributed by atoms with Crippen molar-refractivity contribution >= 4 is 17.7 Å². The molecule has 2 aromatic rings. The maximum Gasteiger partial charge on any atom is 0.254 e. The average Bonchev–Trinajstić information content (AvgIpc) is 3.08. The first-order valence-electron chi connectivity index (χ1n) is 8.88. The third-order valence-electron chi connectivity index (χ3n) is 4.71. The number of nitrogens with zero attached hydrogens (tertiary/aromatic N) is 1. The lowest BCUT2D eigenvalue weighted by atomic mass is 10.0. The van der Waals surface area contributed by atoms with Crippen LogP contribution in [0.15, 0.2) is 48.5 Å². The molecule has 2 aromatic carbocycles. The lowest BCUT2D eigenvalue weighted by Crippen LogP contribution is -2.33. The number of thioether (sulfide) groups is 1. The Kier molecular flexibility index (Phi) is 6.16. The van der Waals surface area contributed by atoms with Gasteiger partial charge in [0, 0.05) is 29.7 Å². The molecule has 0 aromatic heterocycles. The number of likely N-dealkylation sites (tertiary alicyclic amines) is 1. The first-order valence-corrected chi connectivity index (χ1v) is 10.0. The smallest absolute Gasteiger partial charge is 0.254 e. The zero-order valence-electron chi connectivity index (χ0n) is 14.6. The summed E-state index contributed by atoms with van der Waals surface area (Å²) in [5.41, 5.74) is 4.22. The van der Waals surface area contributed by atoms with E-state index in [4.69, 9.17) is 5.11 Å². The fourth-order valence-electron chi connectivity index (χ4n) is 3.28. The number of hydrogen-bond donors (Lipinski definition) is 1. The van der Waals surface area contributed by atoms with Crippen LogP contribution in [0, 0.1) is 0 Å². The third kappa shape index (κ3) is 4.44. The SMILES string of the molecule is C[C@@H]1CCCN1C(=O)c1cccc(-c2ccc(CSCCO)cc2)c1. The van der Waals surface area contributed by atoms with Gasteiger partial charge < -0.3 is 10.0 Å². The van der Waals surface area contributed by atoms with Gasteiger partial charge in [0.05, 0.1) is 6.61 Å². The van der Waals surface area contributed by atoms with Crippen LogP contribution in [0.2, 0.25) is 0 Å². The molecule has 1 fully saturated rings. The molecular weight excluding hydrogens is 330 g/mol. The van der Waals surface area contributed by atoms with Crippen molar-refractivity contribution in [2.45, 2.75) is 31.6 Å². The summed E-state index contributed by atoms with van der Waals surface area (Å²) in [5, 5.41) is 8.85. The highest BCUT2D eigenvalue weighted by atomic mass is 32.2. The molecule has 1 atom stereocenters. The molecule has 4 heteroatoms. The van der Waals surface area contributed by atoms with Gasteiger partial charge in [-0.3, -0.25) is 4.79 Å². The van der Waals surface area contributed by atoms with Crippen LogP contribution in [0.4, 0.5) is 0 Å². The number of benzene rings is 2. The molecule has 132 valence electrons. The maximum absolute atomic E-state index is 12.7. The van der Waals surface area contributed by atoms with Crippen LogP contribution in [0.5, 0.6) is 0 Å². The molecule has 1 saturated heterocycles. The Morgan fingerprint density at radius 1 is 1.20 bits per heavy atom. The topological polar surface area (TPSA) is 40.5 Å². The Balaban J connectivity index is 1.73. The second kappa shape index (κ2) is 8.54. The first kappa shape index (κ1) is 18.0. The number of aliphatic hydroxyl groups excluding tert-OH is 1. The van der Waals surface area contributed by atoms with E-state index in [9.17, 15) is 4.79 Å². The third-order valence-corrected chi connectivity index (χ3v) is 5.72. The van der Waals surface area contributed by atoms with E-state index in [0.29, 0.717) is 6.04 Å². The second-order valence-electron chi connectivity index (χ2n) is 6.54. The minimum atomic E-state index is 0.142. The van der Waals surface area contributed by atoms with E-state index in [2.05, 4.69) is 37.3 Å². The molecule has 0 saturated carbocycles. The van der Waals surface area contributed by atoms with Crippen LogP contribution in [-0.4, -0.2) is 40.9 Å². The van der Waals surface area contributed by atoms with Crippen molar-refractivity contribution in [3.63, 3.8) is 0 Å². The second-order valence-corrected chi connectivity index (χ2v) is 7.65. The van der Waals surface area contributed by atoms with Crippen LogP contribution in [0.3, 0.4) is 0 Å². The number of amides is 1. The molecule has 25 heavy (non-hydrogen) atoms. The van der Waals surface area contributed by atoms with Crippen LogP contribution in [0.25, 0.3) is 11.1 Å². The van der Waals surface area contributed by atoms with Crippen molar-refractivity contribution in [1.82, 2.24) is 4.90 Å². The van der Waals surface area contributed by atoms with Crippen LogP contribution in [0.1, 0.15) is 35.7 Å². The molecule has 0 unspecified atom stereocenters. The van der Waals surface area contributed by atoms with E-state index in [0.717, 1.165) is 47.6 Å². The number of carbonyl (C=O) groups excluding carboxylic acids is 1. The van der Waals surface area contributed by atoms with E-state index in [-0.39, 0.29) is 12.5 Å². The number of rotatable bonds is 6. The Bertz CT molecular complexity index is 714. The van der Waals surface area contributed by atoms with Crippen molar-refractivity contribution in [2.75, 3.05) is 18.9 Å². The molecule has 0 radical (unpaired) electrons. The number of carbonyl (C=O) groups is 1. The molecule has 1 N–H and O–H groups in total. The highest BCUT2D eigenvalue weighted by Crippen LogP contribution is 2.25. The minimum absolute atomic E-state index is 0.142. The fourth-order valence-corrected chi connectivity index (χ4v) is 3.98.